The first-order valence-electron chi connectivity index (χ1n) is 12.8. The van der Waals surface area contributed by atoms with Gasteiger partial charge in [0.15, 0.2) is 23.0 Å². The van der Waals surface area contributed by atoms with Crippen molar-refractivity contribution in [3.05, 3.63) is 70.8 Å². The van der Waals surface area contributed by atoms with E-state index in [0.29, 0.717) is 0 Å². The van der Waals surface area contributed by atoms with Crippen molar-refractivity contribution < 1.29 is 18.9 Å². The van der Waals surface area contributed by atoms with Gasteiger partial charge in [-0.25, -0.2) is 0 Å². The van der Waals surface area contributed by atoms with E-state index in [1.807, 2.05) is 12.1 Å². The Morgan fingerprint density at radius 3 is 1.32 bits per heavy atom. The van der Waals surface area contributed by atoms with E-state index in [2.05, 4.69) is 60.9 Å². The molecule has 2 aromatic rings. The van der Waals surface area contributed by atoms with Crippen LogP contribution in [0.5, 0.6) is 23.0 Å². The molecule has 0 aliphatic rings. The molecule has 38 heavy (non-hydrogen) atoms. The Morgan fingerprint density at radius 2 is 1.00 bits per heavy atom. The Morgan fingerprint density at radius 1 is 0.605 bits per heavy atom. The second-order valence-corrected chi connectivity index (χ2v) is 8.35. The molecule has 0 aliphatic heterocycles. The van der Waals surface area contributed by atoms with Crippen molar-refractivity contribution >= 4 is 24.8 Å². The van der Waals surface area contributed by atoms with Crippen LogP contribution in [0.3, 0.4) is 0 Å². The summed E-state index contributed by atoms with van der Waals surface area (Å²) in [5.41, 5.74) is 5.05. The molecule has 0 radical (unpaired) electrons. The Balaban J connectivity index is 0.00000684. The SMILES string of the molecule is CCc1c(CCNCC=CC=CCNCCc2ccc(OC)c(OC)c2CC)ccc(OC)c1OC.Cl.Cl. The van der Waals surface area contributed by atoms with Gasteiger partial charge in [0.2, 0.25) is 0 Å². The molecule has 0 atom stereocenters. The summed E-state index contributed by atoms with van der Waals surface area (Å²) in [6.07, 6.45) is 12.2. The van der Waals surface area contributed by atoms with E-state index >= 15 is 0 Å². The first-order valence-corrected chi connectivity index (χ1v) is 12.8. The van der Waals surface area contributed by atoms with Gasteiger partial charge in [-0.2, -0.15) is 0 Å². The Kier molecular flexibility index (Phi) is 19.3. The summed E-state index contributed by atoms with van der Waals surface area (Å²) in [6.45, 7) is 7.80. The molecule has 6 nitrogen and oxygen atoms in total. The van der Waals surface area contributed by atoms with E-state index in [1.54, 1.807) is 28.4 Å². The van der Waals surface area contributed by atoms with Gasteiger partial charge in [-0.15, -0.1) is 24.8 Å². The van der Waals surface area contributed by atoms with E-state index in [9.17, 15) is 0 Å². The average Bonchev–Trinajstić information content (AvgIpc) is 2.92. The van der Waals surface area contributed by atoms with E-state index < -0.39 is 0 Å². The summed E-state index contributed by atoms with van der Waals surface area (Å²) in [5.74, 6) is 3.29. The van der Waals surface area contributed by atoms with Crippen molar-refractivity contribution in [1.82, 2.24) is 10.6 Å². The molecule has 0 bridgehead atoms. The molecule has 214 valence electrons. The van der Waals surface area contributed by atoms with Crippen molar-refractivity contribution in [2.24, 2.45) is 0 Å². The summed E-state index contributed by atoms with van der Waals surface area (Å²) in [6, 6.07) is 8.26. The smallest absolute Gasteiger partial charge is 0.164 e. The highest BCUT2D eigenvalue weighted by molar-refractivity contribution is 5.85. The summed E-state index contributed by atoms with van der Waals surface area (Å²) in [5, 5.41) is 6.96. The van der Waals surface area contributed by atoms with Crippen molar-refractivity contribution in [1.29, 1.82) is 0 Å². The molecule has 0 saturated carbocycles. The molecule has 8 heteroatoms. The predicted octanol–water partition coefficient (Wildman–Crippen LogP) is 5.77. The third-order valence-corrected chi connectivity index (χ3v) is 6.25. The summed E-state index contributed by atoms with van der Waals surface area (Å²) in [7, 11) is 6.76. The molecule has 0 heterocycles. The molecular weight excluding hydrogens is 523 g/mol. The Bertz CT molecular complexity index is 917. The monoisotopic (exact) mass is 568 g/mol. The molecule has 0 spiro atoms. The zero-order chi connectivity index (χ0) is 26.2. The molecular formula is C30H46Cl2N2O4. The highest BCUT2D eigenvalue weighted by Crippen LogP contribution is 2.35. The minimum atomic E-state index is 0. The summed E-state index contributed by atoms with van der Waals surface area (Å²) >= 11 is 0. The van der Waals surface area contributed by atoms with E-state index in [0.717, 1.165) is 74.9 Å². The largest absolute Gasteiger partial charge is 0.493 e. The van der Waals surface area contributed by atoms with E-state index in [4.69, 9.17) is 18.9 Å². The Hall–Kier alpha value is -2.38. The van der Waals surface area contributed by atoms with E-state index in [1.165, 1.54) is 22.3 Å². The molecule has 0 fully saturated rings. The maximum Gasteiger partial charge on any atom is 0.164 e. The lowest BCUT2D eigenvalue weighted by Gasteiger charge is -2.16. The summed E-state index contributed by atoms with van der Waals surface area (Å²) < 4.78 is 22.0. The number of ether oxygens (including phenoxy) is 4. The third-order valence-electron chi connectivity index (χ3n) is 6.25. The maximum atomic E-state index is 5.58. The zero-order valence-corrected chi connectivity index (χ0v) is 25.4. The van der Waals surface area contributed by atoms with Crippen LogP contribution in [0.4, 0.5) is 0 Å². The minimum absolute atomic E-state index is 0. The number of methoxy groups -OCH3 is 4. The number of hydrogen-bond donors (Lipinski definition) is 2. The first-order chi connectivity index (χ1) is 17.6. The van der Waals surface area contributed by atoms with Gasteiger partial charge >= 0.3 is 0 Å². The van der Waals surface area contributed by atoms with Gasteiger partial charge in [-0.1, -0.05) is 50.3 Å². The molecule has 2 N–H and O–H groups in total. The molecule has 0 aromatic heterocycles. The quantitative estimate of drug-likeness (QED) is 0.187. The molecule has 0 aliphatic carbocycles. The van der Waals surface area contributed by atoms with Crippen molar-refractivity contribution in [3.8, 4) is 23.0 Å². The standard InChI is InChI=1S/C30H44N2O4.2ClH/c1-7-25-23(13-15-27(33-3)29(25)35-5)17-21-31-19-11-9-10-12-20-32-22-18-24-14-16-28(34-4)30(36-6)26(24)8-2;;/h9-16,31-32H,7-8,17-22H2,1-6H3;2*1H. The second-order valence-electron chi connectivity index (χ2n) is 8.35. The van der Waals surface area contributed by atoms with Crippen LogP contribution in [0.25, 0.3) is 0 Å². The molecule has 2 rings (SSSR count). The zero-order valence-electron chi connectivity index (χ0n) is 23.7. The average molecular weight is 570 g/mol. The molecule has 2 aromatic carbocycles. The fourth-order valence-corrected chi connectivity index (χ4v) is 4.42. The van der Waals surface area contributed by atoms with Gasteiger partial charge in [-0.3, -0.25) is 0 Å². The molecule has 0 saturated heterocycles. The second kappa shape index (κ2) is 20.6. The molecule has 0 amide bonds. The van der Waals surface area contributed by atoms with Crippen LogP contribution in [0.1, 0.15) is 36.1 Å². The molecule has 0 unspecified atom stereocenters. The third kappa shape index (κ3) is 10.4. The van der Waals surface area contributed by atoms with Crippen LogP contribution >= 0.6 is 24.8 Å². The van der Waals surface area contributed by atoms with Crippen molar-refractivity contribution in [2.45, 2.75) is 39.5 Å². The fourth-order valence-electron chi connectivity index (χ4n) is 4.42. The predicted molar refractivity (Wildman–Crippen MR) is 164 cm³/mol. The number of halogens is 2. The van der Waals surface area contributed by atoms with Crippen LogP contribution in [-0.4, -0.2) is 54.6 Å². The lowest BCUT2D eigenvalue weighted by Crippen LogP contribution is -2.18. The normalized spacial score (nSPS) is 10.8. The lowest BCUT2D eigenvalue weighted by molar-refractivity contribution is 0.351. The van der Waals surface area contributed by atoms with Crippen LogP contribution in [0.2, 0.25) is 0 Å². The van der Waals surface area contributed by atoms with Crippen LogP contribution in [0.15, 0.2) is 48.6 Å². The van der Waals surface area contributed by atoms with Crippen LogP contribution < -0.4 is 29.6 Å². The topological polar surface area (TPSA) is 61.0 Å². The van der Waals surface area contributed by atoms with Crippen LogP contribution in [0, 0.1) is 0 Å². The number of allylic oxidation sites excluding steroid dienone is 2. The number of benzene rings is 2. The van der Waals surface area contributed by atoms with E-state index in [-0.39, 0.29) is 24.8 Å². The summed E-state index contributed by atoms with van der Waals surface area (Å²) in [4.78, 5) is 0. The highest BCUT2D eigenvalue weighted by atomic mass is 35.5. The number of hydrogen-bond acceptors (Lipinski definition) is 6. The Labute approximate surface area is 242 Å². The van der Waals surface area contributed by atoms with Crippen molar-refractivity contribution in [3.63, 3.8) is 0 Å². The maximum absolute atomic E-state index is 5.58. The minimum Gasteiger partial charge on any atom is -0.493 e. The van der Waals surface area contributed by atoms with Gasteiger partial charge in [-0.05, 0) is 62.0 Å². The van der Waals surface area contributed by atoms with Crippen LogP contribution in [-0.2, 0) is 25.7 Å². The highest BCUT2D eigenvalue weighted by Gasteiger charge is 2.14. The first kappa shape index (κ1) is 35.6. The van der Waals surface area contributed by atoms with Crippen molar-refractivity contribution in [2.75, 3.05) is 54.6 Å². The van der Waals surface area contributed by atoms with Gasteiger partial charge in [0, 0.05) is 24.2 Å². The number of nitrogens with one attached hydrogen (secondary N) is 2. The van der Waals surface area contributed by atoms with Gasteiger partial charge < -0.3 is 29.6 Å². The number of rotatable bonds is 17. The fraction of sp³-hybridized carbons (Fsp3) is 0.467. The van der Waals surface area contributed by atoms with Gasteiger partial charge in [0.25, 0.3) is 0 Å². The van der Waals surface area contributed by atoms with Gasteiger partial charge in [0.1, 0.15) is 0 Å². The lowest BCUT2D eigenvalue weighted by atomic mass is 10.0. The van der Waals surface area contributed by atoms with Gasteiger partial charge in [0.05, 0.1) is 28.4 Å².